The minimum absolute atomic E-state index is 0.130. The summed E-state index contributed by atoms with van der Waals surface area (Å²) in [6.07, 6.45) is 3.25. The van der Waals surface area contributed by atoms with Crippen LogP contribution in [0.15, 0.2) is 41.4 Å². The first-order valence-electron chi connectivity index (χ1n) is 7.51. The zero-order valence-corrected chi connectivity index (χ0v) is 13.7. The van der Waals surface area contributed by atoms with E-state index in [0.717, 1.165) is 23.2 Å². The molecule has 3 rings (SSSR count). The van der Waals surface area contributed by atoms with Gasteiger partial charge in [0.25, 0.3) is 0 Å². The average Bonchev–Trinajstić information content (AvgIpc) is 2.46. The maximum atomic E-state index is 12.1. The number of aromatic nitrogens is 1. The summed E-state index contributed by atoms with van der Waals surface area (Å²) < 4.78 is 24.0. The van der Waals surface area contributed by atoms with Crippen LogP contribution in [0.5, 0.6) is 0 Å². The van der Waals surface area contributed by atoms with E-state index in [4.69, 9.17) is 0 Å². The largest absolute Gasteiger partial charge is 0.326 e. The Morgan fingerprint density at radius 1 is 1.26 bits per heavy atom. The lowest BCUT2D eigenvalue weighted by atomic mass is 10.0. The van der Waals surface area contributed by atoms with Gasteiger partial charge < -0.3 is 5.32 Å². The molecule has 0 spiro atoms. The minimum atomic E-state index is -3.15. The highest BCUT2D eigenvalue weighted by molar-refractivity contribution is 7.91. The number of hydrogen-bond acceptors (Lipinski definition) is 4. The Kier molecular flexibility index (Phi) is 4.17. The highest BCUT2D eigenvalue weighted by Crippen LogP contribution is 2.26. The van der Waals surface area contributed by atoms with Crippen molar-refractivity contribution in [1.29, 1.82) is 0 Å². The molecule has 1 aromatic carbocycles. The summed E-state index contributed by atoms with van der Waals surface area (Å²) in [5.74, 6) is 0.0792. The molecule has 0 bridgehead atoms. The van der Waals surface area contributed by atoms with Gasteiger partial charge in [0.15, 0.2) is 9.84 Å². The van der Waals surface area contributed by atoms with Crippen molar-refractivity contribution < 1.29 is 13.2 Å². The van der Waals surface area contributed by atoms with Gasteiger partial charge in [0.2, 0.25) is 5.91 Å². The highest BCUT2D eigenvalue weighted by Gasteiger charge is 2.23. The molecule has 1 amide bonds. The first kappa shape index (κ1) is 15.7. The number of aryl methyl sites for hydroxylation is 2. The topological polar surface area (TPSA) is 76.1 Å². The summed E-state index contributed by atoms with van der Waals surface area (Å²) in [4.78, 5) is 16.6. The van der Waals surface area contributed by atoms with Gasteiger partial charge in [-0.05, 0) is 49.1 Å². The third kappa shape index (κ3) is 3.59. The fourth-order valence-electron chi connectivity index (χ4n) is 2.82. The van der Waals surface area contributed by atoms with Gasteiger partial charge in [-0.2, -0.15) is 0 Å². The first-order valence-corrected chi connectivity index (χ1v) is 9.16. The number of amides is 1. The Morgan fingerprint density at radius 2 is 2.09 bits per heavy atom. The van der Waals surface area contributed by atoms with Gasteiger partial charge in [-0.3, -0.25) is 9.78 Å². The van der Waals surface area contributed by atoms with Crippen LogP contribution in [0, 0.1) is 6.92 Å². The summed E-state index contributed by atoms with van der Waals surface area (Å²) >= 11 is 0. The predicted octanol–water partition coefficient (Wildman–Crippen LogP) is 2.29. The molecule has 2 aromatic rings. The molecule has 0 radical (unpaired) electrons. The third-order valence-corrected chi connectivity index (χ3v) is 5.76. The molecule has 0 saturated heterocycles. The van der Waals surface area contributed by atoms with E-state index < -0.39 is 9.84 Å². The average molecular weight is 330 g/mol. The molecular formula is C17H18N2O3S. The molecule has 1 N–H and O–H groups in total. The van der Waals surface area contributed by atoms with Crippen molar-refractivity contribution in [3.63, 3.8) is 0 Å². The normalized spacial score (nSPS) is 15.7. The highest BCUT2D eigenvalue weighted by atomic mass is 32.2. The number of rotatable bonds is 3. The number of carbonyl (C=O) groups excluding carboxylic acids is 1. The molecule has 0 saturated carbocycles. The minimum Gasteiger partial charge on any atom is -0.326 e. The Balaban J connectivity index is 1.75. The van der Waals surface area contributed by atoms with Gasteiger partial charge in [-0.25, -0.2) is 8.42 Å². The number of carbonyl (C=O) groups is 1. The van der Waals surface area contributed by atoms with E-state index in [9.17, 15) is 13.2 Å². The molecule has 0 aliphatic carbocycles. The molecule has 1 aliphatic heterocycles. The van der Waals surface area contributed by atoms with Gasteiger partial charge >= 0.3 is 0 Å². The van der Waals surface area contributed by atoms with Crippen molar-refractivity contribution in [3.8, 4) is 0 Å². The number of pyridine rings is 1. The van der Waals surface area contributed by atoms with Crippen LogP contribution in [0.1, 0.15) is 23.2 Å². The summed E-state index contributed by atoms with van der Waals surface area (Å²) in [6.45, 7) is 1.86. The Hall–Kier alpha value is -2.21. The van der Waals surface area contributed by atoms with Crippen LogP contribution in [0.3, 0.4) is 0 Å². The quantitative estimate of drug-likeness (QED) is 0.937. The zero-order chi connectivity index (χ0) is 16.4. The van der Waals surface area contributed by atoms with Crippen molar-refractivity contribution in [2.75, 3.05) is 11.1 Å². The van der Waals surface area contributed by atoms with Crippen molar-refractivity contribution in [2.45, 2.75) is 31.1 Å². The van der Waals surface area contributed by atoms with Gasteiger partial charge in [-0.1, -0.05) is 12.1 Å². The Morgan fingerprint density at radius 3 is 2.87 bits per heavy atom. The van der Waals surface area contributed by atoms with Gasteiger partial charge in [0.1, 0.15) is 0 Å². The van der Waals surface area contributed by atoms with Crippen LogP contribution in [-0.2, 0) is 27.5 Å². The number of anilines is 1. The van der Waals surface area contributed by atoms with E-state index >= 15 is 0 Å². The second-order valence-electron chi connectivity index (χ2n) is 5.78. The van der Waals surface area contributed by atoms with E-state index in [1.54, 1.807) is 30.5 Å². The standard InChI is InChI=1S/C17H18N2O3S/c1-12-9-15(6-7-18-12)19-17(20)11-13-4-5-16-14(10-13)3-2-8-23(16,21)22/h4-7,9-10H,2-3,8,11H2,1H3,(H,18,19,20). The number of nitrogens with zero attached hydrogens (tertiary/aromatic N) is 1. The molecule has 6 heteroatoms. The second-order valence-corrected chi connectivity index (χ2v) is 7.85. The molecule has 0 unspecified atom stereocenters. The fourth-order valence-corrected chi connectivity index (χ4v) is 4.40. The summed E-state index contributed by atoms with van der Waals surface area (Å²) in [7, 11) is -3.15. The smallest absolute Gasteiger partial charge is 0.228 e. The van der Waals surface area contributed by atoms with E-state index in [1.807, 2.05) is 13.0 Å². The predicted molar refractivity (Wildman–Crippen MR) is 88.1 cm³/mol. The molecule has 23 heavy (non-hydrogen) atoms. The van der Waals surface area contributed by atoms with E-state index in [1.165, 1.54) is 0 Å². The lowest BCUT2D eigenvalue weighted by Crippen LogP contribution is -2.18. The summed E-state index contributed by atoms with van der Waals surface area (Å²) in [6, 6.07) is 8.73. The third-order valence-electron chi connectivity index (χ3n) is 3.86. The molecule has 5 nitrogen and oxygen atoms in total. The molecule has 1 aliphatic rings. The Bertz CT molecular complexity index is 860. The lowest BCUT2D eigenvalue weighted by molar-refractivity contribution is -0.115. The van der Waals surface area contributed by atoms with Gasteiger partial charge in [0.05, 0.1) is 17.1 Å². The summed E-state index contributed by atoms with van der Waals surface area (Å²) in [5.41, 5.74) is 3.19. The SMILES string of the molecule is Cc1cc(NC(=O)Cc2ccc3c(c2)CCCS3(=O)=O)ccn1. The maximum absolute atomic E-state index is 12.1. The van der Waals surface area contributed by atoms with Crippen LogP contribution in [-0.4, -0.2) is 25.1 Å². The molecule has 0 fully saturated rings. The lowest BCUT2D eigenvalue weighted by Gasteiger charge is -2.17. The van der Waals surface area contributed by atoms with E-state index in [2.05, 4.69) is 10.3 Å². The van der Waals surface area contributed by atoms with E-state index in [0.29, 0.717) is 17.0 Å². The van der Waals surface area contributed by atoms with Crippen molar-refractivity contribution in [3.05, 3.63) is 53.3 Å². The van der Waals surface area contributed by atoms with Crippen molar-refractivity contribution in [1.82, 2.24) is 4.98 Å². The fraction of sp³-hybridized carbons (Fsp3) is 0.294. The van der Waals surface area contributed by atoms with Crippen LogP contribution in [0.4, 0.5) is 5.69 Å². The molecule has 120 valence electrons. The maximum Gasteiger partial charge on any atom is 0.228 e. The monoisotopic (exact) mass is 330 g/mol. The molecular weight excluding hydrogens is 312 g/mol. The van der Waals surface area contributed by atoms with Gasteiger partial charge in [0, 0.05) is 17.6 Å². The number of sulfone groups is 1. The van der Waals surface area contributed by atoms with Crippen LogP contribution in [0.25, 0.3) is 0 Å². The van der Waals surface area contributed by atoms with E-state index in [-0.39, 0.29) is 18.1 Å². The zero-order valence-electron chi connectivity index (χ0n) is 12.9. The second kappa shape index (κ2) is 6.12. The summed E-state index contributed by atoms with van der Waals surface area (Å²) in [5, 5.41) is 2.83. The number of hydrogen-bond donors (Lipinski definition) is 1. The number of fused-ring (bicyclic) bond motifs is 1. The van der Waals surface area contributed by atoms with Crippen LogP contribution in [0.2, 0.25) is 0 Å². The van der Waals surface area contributed by atoms with Crippen molar-refractivity contribution in [2.24, 2.45) is 0 Å². The Labute approximate surface area is 135 Å². The van der Waals surface area contributed by atoms with Crippen LogP contribution < -0.4 is 5.32 Å². The van der Waals surface area contributed by atoms with Gasteiger partial charge in [-0.15, -0.1) is 0 Å². The van der Waals surface area contributed by atoms with Crippen molar-refractivity contribution >= 4 is 21.4 Å². The molecule has 0 atom stereocenters. The molecule has 2 heterocycles. The van der Waals surface area contributed by atoms with Crippen LogP contribution >= 0.6 is 0 Å². The first-order chi connectivity index (χ1) is 10.9. The number of benzene rings is 1. The number of nitrogens with one attached hydrogen (secondary N) is 1. The molecule has 1 aromatic heterocycles.